The van der Waals surface area contributed by atoms with Gasteiger partial charge in [0.15, 0.2) is 0 Å². The molecule has 0 aliphatic carbocycles. The van der Waals surface area contributed by atoms with E-state index in [1.165, 1.54) is 6.42 Å². The Morgan fingerprint density at radius 2 is 2.25 bits per heavy atom. The number of carbonyl (C=O) groups is 1. The smallest absolute Gasteiger partial charge is 0.255 e. The molecule has 1 aromatic heterocycles. The number of nitrogens with zero attached hydrogens (tertiary/aromatic N) is 3. The highest BCUT2D eigenvalue weighted by atomic mass is 16.2. The van der Waals surface area contributed by atoms with Crippen LogP contribution in [0, 0.1) is 6.92 Å². The molecule has 1 aromatic rings. The third kappa shape index (κ3) is 3.33. The SMILES string of the molecule is CCc1nnc(C)cc1C(=O)N(CC)CC1CCCN1. The van der Waals surface area contributed by atoms with Gasteiger partial charge in [0.25, 0.3) is 5.91 Å². The van der Waals surface area contributed by atoms with Crippen LogP contribution >= 0.6 is 0 Å². The number of hydrogen-bond donors (Lipinski definition) is 1. The summed E-state index contributed by atoms with van der Waals surface area (Å²) in [6.45, 7) is 8.47. The van der Waals surface area contributed by atoms with Gasteiger partial charge in [-0.05, 0) is 45.7 Å². The molecule has 0 saturated carbocycles. The van der Waals surface area contributed by atoms with Gasteiger partial charge in [-0.25, -0.2) is 0 Å². The van der Waals surface area contributed by atoms with Crippen LogP contribution in [0.3, 0.4) is 0 Å². The molecule has 1 atom stereocenters. The molecule has 1 saturated heterocycles. The van der Waals surface area contributed by atoms with E-state index in [1.807, 2.05) is 31.7 Å². The molecule has 0 bridgehead atoms. The zero-order valence-corrected chi connectivity index (χ0v) is 12.6. The van der Waals surface area contributed by atoms with E-state index in [0.717, 1.165) is 43.9 Å². The van der Waals surface area contributed by atoms with E-state index in [4.69, 9.17) is 0 Å². The summed E-state index contributed by atoms with van der Waals surface area (Å²) < 4.78 is 0. The first-order valence-corrected chi connectivity index (χ1v) is 7.51. The maximum atomic E-state index is 12.7. The molecule has 0 radical (unpaired) electrons. The van der Waals surface area contributed by atoms with E-state index in [1.54, 1.807) is 0 Å². The first-order chi connectivity index (χ1) is 9.65. The van der Waals surface area contributed by atoms with Gasteiger partial charge in [0.2, 0.25) is 0 Å². The van der Waals surface area contributed by atoms with E-state index in [2.05, 4.69) is 15.5 Å². The third-order valence-corrected chi connectivity index (χ3v) is 3.83. The van der Waals surface area contributed by atoms with Crippen LogP contribution in [0.5, 0.6) is 0 Å². The summed E-state index contributed by atoms with van der Waals surface area (Å²) in [5.41, 5.74) is 2.29. The number of nitrogens with one attached hydrogen (secondary N) is 1. The number of aryl methyl sites for hydroxylation is 2. The second-order valence-corrected chi connectivity index (χ2v) is 5.34. The minimum atomic E-state index is 0.0797. The van der Waals surface area contributed by atoms with Crippen LogP contribution in [-0.2, 0) is 6.42 Å². The Morgan fingerprint density at radius 1 is 1.45 bits per heavy atom. The molecule has 20 heavy (non-hydrogen) atoms. The predicted octanol–water partition coefficient (Wildman–Crippen LogP) is 1.56. The monoisotopic (exact) mass is 276 g/mol. The predicted molar refractivity (Wildman–Crippen MR) is 78.7 cm³/mol. The standard InChI is InChI=1S/C15H24N4O/c1-4-14-13(9-11(3)17-18-14)15(20)19(5-2)10-12-7-6-8-16-12/h9,12,16H,4-8,10H2,1-3H3. The molecule has 1 aliphatic heterocycles. The van der Waals surface area contributed by atoms with Crippen molar-refractivity contribution in [3.8, 4) is 0 Å². The fourth-order valence-electron chi connectivity index (χ4n) is 2.67. The summed E-state index contributed by atoms with van der Waals surface area (Å²) in [5.74, 6) is 0.0797. The Labute approximate surface area is 120 Å². The molecule has 5 heteroatoms. The van der Waals surface area contributed by atoms with Crippen LogP contribution in [0.1, 0.15) is 48.4 Å². The van der Waals surface area contributed by atoms with Gasteiger partial charge in [-0.15, -0.1) is 0 Å². The van der Waals surface area contributed by atoms with Crippen LogP contribution in [-0.4, -0.2) is 46.7 Å². The third-order valence-electron chi connectivity index (χ3n) is 3.83. The minimum absolute atomic E-state index is 0.0797. The topological polar surface area (TPSA) is 58.1 Å². The number of hydrogen-bond acceptors (Lipinski definition) is 4. The lowest BCUT2D eigenvalue weighted by Gasteiger charge is -2.25. The summed E-state index contributed by atoms with van der Waals surface area (Å²) in [6, 6.07) is 2.29. The molecular formula is C15H24N4O. The minimum Gasteiger partial charge on any atom is -0.337 e. The lowest BCUT2D eigenvalue weighted by Crippen LogP contribution is -2.41. The van der Waals surface area contributed by atoms with Crippen molar-refractivity contribution in [1.82, 2.24) is 20.4 Å². The van der Waals surface area contributed by atoms with Crippen molar-refractivity contribution >= 4 is 5.91 Å². The Kier molecular flexibility index (Phi) is 5.06. The normalized spacial score (nSPS) is 18.2. The number of rotatable bonds is 5. The molecule has 2 heterocycles. The van der Waals surface area contributed by atoms with Gasteiger partial charge in [0, 0.05) is 19.1 Å². The first-order valence-electron chi connectivity index (χ1n) is 7.51. The molecule has 0 aromatic carbocycles. The van der Waals surface area contributed by atoms with Gasteiger partial charge in [0.1, 0.15) is 0 Å². The van der Waals surface area contributed by atoms with Gasteiger partial charge in [-0.3, -0.25) is 4.79 Å². The van der Waals surface area contributed by atoms with Crippen LogP contribution in [0.2, 0.25) is 0 Å². The molecule has 1 N–H and O–H groups in total. The summed E-state index contributed by atoms with van der Waals surface area (Å²) in [4.78, 5) is 14.6. The van der Waals surface area contributed by atoms with Crippen molar-refractivity contribution in [3.05, 3.63) is 23.0 Å². The van der Waals surface area contributed by atoms with E-state index >= 15 is 0 Å². The van der Waals surface area contributed by atoms with Crippen molar-refractivity contribution in [2.75, 3.05) is 19.6 Å². The quantitative estimate of drug-likeness (QED) is 0.886. The summed E-state index contributed by atoms with van der Waals surface area (Å²) in [7, 11) is 0. The summed E-state index contributed by atoms with van der Waals surface area (Å²) in [6.07, 6.45) is 3.08. The second-order valence-electron chi connectivity index (χ2n) is 5.34. The molecule has 1 amide bonds. The number of amides is 1. The highest BCUT2D eigenvalue weighted by Gasteiger charge is 2.23. The number of carbonyl (C=O) groups excluding carboxylic acids is 1. The van der Waals surface area contributed by atoms with Crippen LogP contribution in [0.15, 0.2) is 6.07 Å². The average Bonchev–Trinajstić information content (AvgIpc) is 2.97. The fraction of sp³-hybridized carbons (Fsp3) is 0.667. The van der Waals surface area contributed by atoms with Crippen molar-refractivity contribution in [3.63, 3.8) is 0 Å². The Bertz CT molecular complexity index is 469. The lowest BCUT2D eigenvalue weighted by molar-refractivity contribution is 0.0749. The fourth-order valence-corrected chi connectivity index (χ4v) is 2.67. The van der Waals surface area contributed by atoms with Gasteiger partial charge in [-0.2, -0.15) is 10.2 Å². The highest BCUT2D eigenvalue weighted by Crippen LogP contribution is 2.13. The van der Waals surface area contributed by atoms with E-state index in [0.29, 0.717) is 11.6 Å². The maximum Gasteiger partial charge on any atom is 0.255 e. The van der Waals surface area contributed by atoms with E-state index in [-0.39, 0.29) is 5.91 Å². The van der Waals surface area contributed by atoms with Crippen molar-refractivity contribution in [2.45, 2.75) is 46.1 Å². The summed E-state index contributed by atoms with van der Waals surface area (Å²) >= 11 is 0. The van der Waals surface area contributed by atoms with Crippen LogP contribution in [0.25, 0.3) is 0 Å². The first kappa shape index (κ1) is 14.9. The molecule has 1 fully saturated rings. The number of aromatic nitrogens is 2. The van der Waals surface area contributed by atoms with Gasteiger partial charge in [0.05, 0.1) is 17.0 Å². The molecule has 110 valence electrons. The van der Waals surface area contributed by atoms with Crippen LogP contribution in [0.4, 0.5) is 0 Å². The Balaban J connectivity index is 2.16. The van der Waals surface area contributed by atoms with Crippen molar-refractivity contribution < 1.29 is 4.79 Å². The van der Waals surface area contributed by atoms with Crippen molar-refractivity contribution in [1.29, 1.82) is 0 Å². The Morgan fingerprint density at radius 3 is 2.85 bits per heavy atom. The van der Waals surface area contributed by atoms with Gasteiger partial charge < -0.3 is 10.2 Å². The van der Waals surface area contributed by atoms with Gasteiger partial charge in [-0.1, -0.05) is 6.92 Å². The zero-order chi connectivity index (χ0) is 14.5. The zero-order valence-electron chi connectivity index (χ0n) is 12.6. The molecule has 1 unspecified atom stereocenters. The largest absolute Gasteiger partial charge is 0.337 e. The molecular weight excluding hydrogens is 252 g/mol. The number of likely N-dealkylation sites (N-methyl/N-ethyl adjacent to an activating group) is 1. The molecule has 0 spiro atoms. The Hall–Kier alpha value is -1.49. The lowest BCUT2D eigenvalue weighted by atomic mass is 10.1. The highest BCUT2D eigenvalue weighted by molar-refractivity contribution is 5.95. The maximum absolute atomic E-state index is 12.7. The van der Waals surface area contributed by atoms with Gasteiger partial charge >= 0.3 is 0 Å². The summed E-state index contributed by atoms with van der Waals surface area (Å²) in [5, 5.41) is 11.6. The molecule has 5 nitrogen and oxygen atoms in total. The average molecular weight is 276 g/mol. The van der Waals surface area contributed by atoms with E-state index in [9.17, 15) is 4.79 Å². The van der Waals surface area contributed by atoms with Crippen molar-refractivity contribution in [2.24, 2.45) is 0 Å². The van der Waals surface area contributed by atoms with Crippen LogP contribution < -0.4 is 5.32 Å². The molecule has 1 aliphatic rings. The second kappa shape index (κ2) is 6.79. The van der Waals surface area contributed by atoms with E-state index < -0.39 is 0 Å². The molecule has 2 rings (SSSR count).